The van der Waals surface area contributed by atoms with E-state index in [1.54, 1.807) is 25.1 Å². The van der Waals surface area contributed by atoms with Crippen LogP contribution in [0, 0.1) is 6.92 Å². The predicted molar refractivity (Wildman–Crippen MR) is 53.7 cm³/mol. The summed E-state index contributed by atoms with van der Waals surface area (Å²) >= 11 is 0. The summed E-state index contributed by atoms with van der Waals surface area (Å²) in [6, 6.07) is 4.91. The number of rotatable bonds is 2. The molecule has 4 N–H and O–H groups in total. The second kappa shape index (κ2) is 4.96. The first-order valence-corrected chi connectivity index (χ1v) is 3.48. The number of benzene rings is 1. The highest BCUT2D eigenvalue weighted by Crippen LogP contribution is 2.19. The van der Waals surface area contributed by atoms with E-state index in [0.29, 0.717) is 11.4 Å². The van der Waals surface area contributed by atoms with Crippen molar-refractivity contribution < 1.29 is 14.7 Å². The Morgan fingerprint density at radius 3 is 2.46 bits per heavy atom. The van der Waals surface area contributed by atoms with Crippen LogP contribution in [-0.2, 0) is 0 Å². The lowest BCUT2D eigenvalue weighted by molar-refractivity contribution is 0.287. The van der Waals surface area contributed by atoms with E-state index in [0.717, 1.165) is 5.56 Å². The van der Waals surface area contributed by atoms with E-state index in [2.05, 4.69) is 4.65 Å². The molecular formula is C7H11BClNO3. The highest BCUT2D eigenvalue weighted by molar-refractivity contribution is 6.33. The van der Waals surface area contributed by atoms with Gasteiger partial charge in [0.25, 0.3) is 0 Å². The Morgan fingerprint density at radius 1 is 1.38 bits per heavy atom. The van der Waals surface area contributed by atoms with Gasteiger partial charge in [-0.2, -0.15) is 0 Å². The lowest BCUT2D eigenvalue weighted by atomic mass is 10.1. The van der Waals surface area contributed by atoms with Gasteiger partial charge in [-0.15, -0.1) is 12.4 Å². The number of nitrogens with two attached hydrogens (primary N) is 1. The van der Waals surface area contributed by atoms with Crippen LogP contribution in [0.15, 0.2) is 18.2 Å². The molecule has 4 nitrogen and oxygen atoms in total. The van der Waals surface area contributed by atoms with E-state index >= 15 is 0 Å². The molecule has 0 unspecified atom stereocenters. The van der Waals surface area contributed by atoms with Crippen molar-refractivity contribution in [1.29, 1.82) is 0 Å². The molecule has 6 heteroatoms. The van der Waals surface area contributed by atoms with E-state index < -0.39 is 7.32 Å². The normalized spacial score (nSPS) is 8.85. The maximum absolute atomic E-state index is 8.50. The zero-order valence-electron chi connectivity index (χ0n) is 7.10. The van der Waals surface area contributed by atoms with Crippen molar-refractivity contribution in [3.8, 4) is 5.75 Å². The molecule has 0 saturated carbocycles. The molecule has 1 aromatic carbocycles. The first-order chi connectivity index (χ1) is 5.59. The van der Waals surface area contributed by atoms with Crippen molar-refractivity contribution in [3.05, 3.63) is 23.8 Å². The van der Waals surface area contributed by atoms with E-state index in [1.165, 1.54) is 0 Å². The third-order valence-electron chi connectivity index (χ3n) is 1.43. The number of anilines is 1. The zero-order valence-corrected chi connectivity index (χ0v) is 7.91. The van der Waals surface area contributed by atoms with Gasteiger partial charge in [-0.05, 0) is 30.7 Å². The fourth-order valence-electron chi connectivity index (χ4n) is 0.918. The highest BCUT2D eigenvalue weighted by atomic mass is 35.5. The molecule has 72 valence electrons. The lowest BCUT2D eigenvalue weighted by Gasteiger charge is -2.07. The predicted octanol–water partition coefficient (Wildman–Crippen LogP) is 0.347. The maximum atomic E-state index is 8.50. The van der Waals surface area contributed by atoms with E-state index in [9.17, 15) is 0 Å². The molecule has 0 heterocycles. The van der Waals surface area contributed by atoms with Crippen LogP contribution in [0.4, 0.5) is 5.69 Å². The first-order valence-electron chi connectivity index (χ1n) is 3.48. The summed E-state index contributed by atoms with van der Waals surface area (Å²) in [7, 11) is -1.78. The van der Waals surface area contributed by atoms with Crippen molar-refractivity contribution in [3.63, 3.8) is 0 Å². The van der Waals surface area contributed by atoms with Gasteiger partial charge in [-0.25, -0.2) is 0 Å². The smallest absolute Gasteiger partial charge is 0.512 e. The van der Waals surface area contributed by atoms with E-state index in [-0.39, 0.29) is 12.4 Å². The summed E-state index contributed by atoms with van der Waals surface area (Å²) in [5, 5.41) is 17.0. The minimum atomic E-state index is -1.78. The molecule has 0 bridgehead atoms. The van der Waals surface area contributed by atoms with Crippen LogP contribution in [0.2, 0.25) is 0 Å². The van der Waals surface area contributed by atoms with Crippen LogP contribution in [0.5, 0.6) is 5.75 Å². The maximum Gasteiger partial charge on any atom is 0.707 e. The van der Waals surface area contributed by atoms with Crippen LogP contribution in [-0.4, -0.2) is 17.4 Å². The molecule has 0 amide bonds. The largest absolute Gasteiger partial charge is 0.707 e. The Hall–Kier alpha value is -0.905. The van der Waals surface area contributed by atoms with Gasteiger partial charge in [0, 0.05) is 5.69 Å². The van der Waals surface area contributed by atoms with Crippen LogP contribution < -0.4 is 10.4 Å². The van der Waals surface area contributed by atoms with Crippen molar-refractivity contribution >= 4 is 25.4 Å². The molecular weight excluding hydrogens is 192 g/mol. The Bertz CT molecular complexity index is 282. The van der Waals surface area contributed by atoms with Gasteiger partial charge in [0.15, 0.2) is 0 Å². The molecule has 0 aromatic heterocycles. The first kappa shape index (κ1) is 12.1. The lowest BCUT2D eigenvalue weighted by Crippen LogP contribution is -2.21. The molecule has 0 saturated heterocycles. The summed E-state index contributed by atoms with van der Waals surface area (Å²) < 4.78 is 4.66. The molecule has 1 rings (SSSR count). The Labute approximate surface area is 82.9 Å². The Morgan fingerprint density at radius 2 is 2.00 bits per heavy atom. The summed E-state index contributed by atoms with van der Waals surface area (Å²) in [5.74, 6) is 0.416. The third-order valence-corrected chi connectivity index (χ3v) is 1.43. The van der Waals surface area contributed by atoms with Crippen LogP contribution in [0.1, 0.15) is 5.56 Å². The molecule has 0 spiro atoms. The molecule has 0 atom stereocenters. The molecule has 1 aromatic rings. The average molecular weight is 203 g/mol. The molecule has 0 aliphatic carbocycles. The van der Waals surface area contributed by atoms with Gasteiger partial charge < -0.3 is 20.4 Å². The summed E-state index contributed by atoms with van der Waals surface area (Å²) in [4.78, 5) is 0. The summed E-state index contributed by atoms with van der Waals surface area (Å²) in [6.07, 6.45) is 0. The molecule has 0 aliphatic heterocycles. The van der Waals surface area contributed by atoms with Crippen molar-refractivity contribution in [2.45, 2.75) is 6.92 Å². The second-order valence-corrected chi connectivity index (χ2v) is 2.47. The molecule has 0 radical (unpaired) electrons. The van der Waals surface area contributed by atoms with Gasteiger partial charge >= 0.3 is 7.32 Å². The summed E-state index contributed by atoms with van der Waals surface area (Å²) in [5.41, 5.74) is 6.86. The number of nitrogen functional groups attached to an aromatic ring is 1. The Kier molecular flexibility index (Phi) is 4.62. The second-order valence-electron chi connectivity index (χ2n) is 2.47. The minimum absolute atomic E-state index is 0. The quantitative estimate of drug-likeness (QED) is 0.479. The van der Waals surface area contributed by atoms with Crippen molar-refractivity contribution in [2.75, 3.05) is 5.73 Å². The molecule has 13 heavy (non-hydrogen) atoms. The van der Waals surface area contributed by atoms with Gasteiger partial charge in [-0.1, -0.05) is 0 Å². The number of aryl methyl sites for hydroxylation is 1. The highest BCUT2D eigenvalue weighted by Gasteiger charge is 2.12. The van der Waals surface area contributed by atoms with Gasteiger partial charge in [0.1, 0.15) is 5.75 Å². The number of hydrogen-bond acceptors (Lipinski definition) is 4. The molecule has 0 aliphatic rings. The average Bonchev–Trinajstić information content (AvgIpc) is 1.94. The third kappa shape index (κ3) is 3.54. The zero-order chi connectivity index (χ0) is 9.14. The van der Waals surface area contributed by atoms with Gasteiger partial charge in [0.2, 0.25) is 0 Å². The van der Waals surface area contributed by atoms with Gasteiger partial charge in [0.05, 0.1) is 0 Å². The fraction of sp³-hybridized carbons (Fsp3) is 0.143. The summed E-state index contributed by atoms with van der Waals surface area (Å²) in [6.45, 7) is 1.77. The van der Waals surface area contributed by atoms with Crippen LogP contribution >= 0.6 is 12.4 Å². The fourth-order valence-corrected chi connectivity index (χ4v) is 0.918. The minimum Gasteiger partial charge on any atom is -0.512 e. The number of hydrogen-bond donors (Lipinski definition) is 3. The van der Waals surface area contributed by atoms with Crippen molar-refractivity contribution in [1.82, 2.24) is 0 Å². The topological polar surface area (TPSA) is 75.7 Å². The Balaban J connectivity index is 0.00000144. The van der Waals surface area contributed by atoms with Crippen LogP contribution in [0.25, 0.3) is 0 Å². The van der Waals surface area contributed by atoms with E-state index in [1.807, 2.05) is 0 Å². The van der Waals surface area contributed by atoms with E-state index in [4.69, 9.17) is 15.8 Å². The standard InChI is InChI=1S/C7H10BNO3.ClH/c1-5-4-6(9)2-3-7(5)12-8(10)11;/h2-4,10-11H,9H2,1H3;1H. The van der Waals surface area contributed by atoms with Crippen molar-refractivity contribution in [2.24, 2.45) is 0 Å². The molecule has 0 fully saturated rings. The number of halogens is 1. The van der Waals surface area contributed by atoms with Gasteiger partial charge in [-0.3, -0.25) is 0 Å². The SMILES string of the molecule is Cc1cc(N)ccc1OB(O)O.Cl. The van der Waals surface area contributed by atoms with Crippen LogP contribution in [0.3, 0.4) is 0 Å². The monoisotopic (exact) mass is 203 g/mol.